The van der Waals surface area contributed by atoms with Crippen molar-refractivity contribution in [1.29, 1.82) is 0 Å². The molecule has 8 heteroatoms. The van der Waals surface area contributed by atoms with Crippen molar-refractivity contribution in [2.45, 2.75) is 19.9 Å². The first-order valence-corrected chi connectivity index (χ1v) is 10.9. The van der Waals surface area contributed by atoms with Crippen molar-refractivity contribution in [2.75, 3.05) is 13.7 Å². The van der Waals surface area contributed by atoms with Crippen LogP contribution in [0.1, 0.15) is 31.0 Å². The third-order valence-electron chi connectivity index (χ3n) is 5.15. The molecule has 0 aliphatic carbocycles. The summed E-state index contributed by atoms with van der Waals surface area (Å²) in [5.74, 6) is 0.166. The van der Waals surface area contributed by atoms with Crippen LogP contribution in [-0.4, -0.2) is 29.4 Å². The molecule has 2 heterocycles. The Balaban J connectivity index is 1.98. The van der Waals surface area contributed by atoms with E-state index in [1.54, 1.807) is 63.4 Å². The highest BCUT2D eigenvalue weighted by molar-refractivity contribution is 7.07. The average Bonchev–Trinajstić information content (AvgIpc) is 3.09. The lowest BCUT2D eigenvalue weighted by Crippen LogP contribution is -2.39. The van der Waals surface area contributed by atoms with E-state index in [0.717, 1.165) is 0 Å². The molecule has 1 aromatic heterocycles. The molecule has 0 saturated carbocycles. The molecule has 0 amide bonds. The maximum absolute atomic E-state index is 13.5. The van der Waals surface area contributed by atoms with Gasteiger partial charge in [-0.05, 0) is 43.7 Å². The predicted molar refractivity (Wildman–Crippen MR) is 121 cm³/mol. The maximum atomic E-state index is 13.5. The molecule has 0 radical (unpaired) electrons. The number of ether oxygens (including phenoxy) is 2. The number of carbonyl (C=O) groups is 1. The number of thiazole rings is 1. The molecular weight excluding hydrogens is 428 g/mol. The van der Waals surface area contributed by atoms with E-state index in [0.29, 0.717) is 37.5 Å². The zero-order valence-corrected chi connectivity index (χ0v) is 18.7. The highest BCUT2D eigenvalue weighted by Gasteiger charge is 2.33. The van der Waals surface area contributed by atoms with Crippen molar-refractivity contribution in [3.05, 3.63) is 90.6 Å². The van der Waals surface area contributed by atoms with Gasteiger partial charge in [0.15, 0.2) is 4.80 Å². The number of aromatic nitrogens is 1. The Morgan fingerprint density at radius 3 is 2.75 bits per heavy atom. The van der Waals surface area contributed by atoms with Gasteiger partial charge in [-0.1, -0.05) is 41.7 Å². The van der Waals surface area contributed by atoms with Crippen molar-refractivity contribution in [3.8, 4) is 11.5 Å². The van der Waals surface area contributed by atoms with Gasteiger partial charge >= 0.3 is 5.97 Å². The molecule has 0 spiro atoms. The van der Waals surface area contributed by atoms with Gasteiger partial charge in [-0.2, -0.15) is 0 Å². The molecule has 0 fully saturated rings. The monoisotopic (exact) mass is 450 g/mol. The van der Waals surface area contributed by atoms with Gasteiger partial charge in [0, 0.05) is 5.56 Å². The number of aromatic hydroxyl groups is 1. The van der Waals surface area contributed by atoms with E-state index in [1.165, 1.54) is 15.9 Å². The first-order chi connectivity index (χ1) is 15.4. The molecule has 0 saturated heterocycles. The number of phenols is 1. The summed E-state index contributed by atoms with van der Waals surface area (Å²) in [5, 5.41) is 10.1. The Labute approximate surface area is 188 Å². The van der Waals surface area contributed by atoms with Crippen LogP contribution in [0.25, 0.3) is 6.08 Å². The smallest absolute Gasteiger partial charge is 0.338 e. The van der Waals surface area contributed by atoms with Gasteiger partial charge in [-0.3, -0.25) is 9.36 Å². The van der Waals surface area contributed by atoms with Crippen molar-refractivity contribution in [3.63, 3.8) is 0 Å². The van der Waals surface area contributed by atoms with Gasteiger partial charge in [-0.25, -0.2) is 9.79 Å². The number of benzene rings is 2. The van der Waals surface area contributed by atoms with E-state index in [2.05, 4.69) is 4.99 Å². The Hall–Kier alpha value is -3.65. The lowest BCUT2D eigenvalue weighted by molar-refractivity contribution is -0.139. The molecule has 2 aromatic carbocycles. The molecule has 1 unspecified atom stereocenters. The number of carbonyl (C=O) groups excluding carboxylic acids is 1. The molecule has 0 bridgehead atoms. The summed E-state index contributed by atoms with van der Waals surface area (Å²) >= 11 is 1.20. The maximum Gasteiger partial charge on any atom is 0.338 e. The van der Waals surface area contributed by atoms with Crippen LogP contribution in [-0.2, 0) is 9.53 Å². The number of esters is 1. The van der Waals surface area contributed by atoms with Crippen LogP contribution in [0.15, 0.2) is 69.6 Å². The number of allylic oxidation sites excluding steroid dienone is 1. The number of hydrogen-bond acceptors (Lipinski definition) is 7. The molecule has 1 atom stereocenters. The Morgan fingerprint density at radius 1 is 1.25 bits per heavy atom. The fourth-order valence-corrected chi connectivity index (χ4v) is 4.71. The minimum Gasteiger partial charge on any atom is -0.507 e. The quantitative estimate of drug-likeness (QED) is 0.604. The highest BCUT2D eigenvalue weighted by Crippen LogP contribution is 2.32. The average molecular weight is 451 g/mol. The number of hydrogen-bond donors (Lipinski definition) is 1. The Kier molecular flexibility index (Phi) is 5.96. The molecule has 164 valence electrons. The molecule has 32 heavy (non-hydrogen) atoms. The van der Waals surface area contributed by atoms with E-state index in [9.17, 15) is 14.7 Å². The third-order valence-corrected chi connectivity index (χ3v) is 6.13. The van der Waals surface area contributed by atoms with Gasteiger partial charge in [-0.15, -0.1) is 0 Å². The van der Waals surface area contributed by atoms with E-state index < -0.39 is 12.0 Å². The predicted octanol–water partition coefficient (Wildman–Crippen LogP) is 2.51. The van der Waals surface area contributed by atoms with E-state index in [4.69, 9.17) is 9.47 Å². The molecular formula is C24H22N2O5S. The van der Waals surface area contributed by atoms with Crippen molar-refractivity contribution in [2.24, 2.45) is 4.99 Å². The molecule has 7 nitrogen and oxygen atoms in total. The van der Waals surface area contributed by atoms with E-state index >= 15 is 0 Å². The normalized spacial score (nSPS) is 15.8. The SMILES string of the molecule is CCOC(=O)C1=C(C)N=c2sc(=Cc3ccccc3O)c(=O)n2C1c1cccc(OC)c1. The largest absolute Gasteiger partial charge is 0.507 e. The van der Waals surface area contributed by atoms with Crippen LogP contribution in [0.2, 0.25) is 0 Å². The molecule has 4 rings (SSSR count). The minimum absolute atomic E-state index is 0.0751. The number of rotatable bonds is 5. The number of fused-ring (bicyclic) bond motifs is 1. The first-order valence-electron chi connectivity index (χ1n) is 10.1. The summed E-state index contributed by atoms with van der Waals surface area (Å²) in [4.78, 5) is 31.4. The molecule has 1 aliphatic rings. The summed E-state index contributed by atoms with van der Waals surface area (Å²) in [5.41, 5.74) is 1.72. The lowest BCUT2D eigenvalue weighted by Gasteiger charge is -2.25. The lowest BCUT2D eigenvalue weighted by atomic mass is 9.95. The van der Waals surface area contributed by atoms with Gasteiger partial charge in [0.2, 0.25) is 0 Å². The van der Waals surface area contributed by atoms with E-state index in [1.807, 2.05) is 12.1 Å². The van der Waals surface area contributed by atoms with Gasteiger partial charge in [0.1, 0.15) is 11.5 Å². The summed E-state index contributed by atoms with van der Waals surface area (Å²) in [6, 6.07) is 13.3. The van der Waals surface area contributed by atoms with Gasteiger partial charge < -0.3 is 14.6 Å². The molecule has 3 aromatic rings. The Morgan fingerprint density at radius 2 is 2.03 bits per heavy atom. The van der Waals surface area contributed by atoms with Gasteiger partial charge in [0.05, 0.1) is 35.6 Å². The van der Waals surface area contributed by atoms with Crippen LogP contribution in [0.4, 0.5) is 0 Å². The second-order valence-electron chi connectivity index (χ2n) is 7.14. The fourth-order valence-electron chi connectivity index (χ4n) is 3.67. The van der Waals surface area contributed by atoms with Crippen LogP contribution in [0, 0.1) is 0 Å². The van der Waals surface area contributed by atoms with Gasteiger partial charge in [0.25, 0.3) is 5.56 Å². The number of methoxy groups -OCH3 is 1. The summed E-state index contributed by atoms with van der Waals surface area (Å²) in [6.07, 6.45) is 1.63. The second kappa shape index (κ2) is 8.84. The van der Waals surface area contributed by atoms with Crippen molar-refractivity contribution >= 4 is 23.4 Å². The topological polar surface area (TPSA) is 90.1 Å². The second-order valence-corrected chi connectivity index (χ2v) is 8.15. The van der Waals surface area contributed by atoms with E-state index in [-0.39, 0.29) is 17.9 Å². The molecule has 1 aliphatic heterocycles. The zero-order valence-electron chi connectivity index (χ0n) is 17.9. The van der Waals surface area contributed by atoms with Crippen molar-refractivity contribution < 1.29 is 19.4 Å². The standard InChI is InChI=1S/C24H22N2O5S/c1-4-31-23(29)20-14(2)25-24-26(21(20)16-9-7-10-17(12-16)30-3)22(28)19(32-24)13-15-8-5-6-11-18(15)27/h5-13,21,27H,4H2,1-3H3. The zero-order chi connectivity index (χ0) is 22.8. The number of para-hydroxylation sites is 1. The Bertz CT molecular complexity index is 1400. The molecule has 1 N–H and O–H groups in total. The summed E-state index contributed by atoms with van der Waals surface area (Å²) < 4.78 is 12.6. The van der Waals surface area contributed by atoms with Crippen LogP contribution >= 0.6 is 11.3 Å². The van der Waals surface area contributed by atoms with Crippen molar-refractivity contribution in [1.82, 2.24) is 4.57 Å². The fraction of sp³-hybridized carbons (Fsp3) is 0.208. The van der Waals surface area contributed by atoms with Crippen LogP contribution in [0.5, 0.6) is 11.5 Å². The van der Waals surface area contributed by atoms with Crippen LogP contribution in [0.3, 0.4) is 0 Å². The summed E-state index contributed by atoms with van der Waals surface area (Å²) in [7, 11) is 1.56. The number of phenolic OH excluding ortho intramolecular Hbond substituents is 1. The van der Waals surface area contributed by atoms with Crippen LogP contribution < -0.4 is 19.6 Å². The summed E-state index contributed by atoms with van der Waals surface area (Å²) in [6.45, 7) is 3.67. The third kappa shape index (κ3) is 3.85. The highest BCUT2D eigenvalue weighted by atomic mass is 32.1. The minimum atomic E-state index is -0.716. The first kappa shape index (κ1) is 21.6. The number of nitrogens with zero attached hydrogens (tertiary/aromatic N) is 2.